The number of urea groups is 1. The van der Waals surface area contributed by atoms with Crippen LogP contribution in [0, 0.1) is 0 Å². The van der Waals surface area contributed by atoms with E-state index in [9.17, 15) is 9.59 Å². The van der Waals surface area contributed by atoms with Crippen LogP contribution in [0.3, 0.4) is 0 Å². The Bertz CT molecular complexity index is 1530. The fourth-order valence-electron chi connectivity index (χ4n) is 4.62. The van der Waals surface area contributed by atoms with Crippen molar-refractivity contribution in [3.8, 4) is 5.75 Å². The number of carbonyl (C=O) groups is 2. The van der Waals surface area contributed by atoms with Gasteiger partial charge in [-0.05, 0) is 67.6 Å². The van der Waals surface area contributed by atoms with E-state index in [0.717, 1.165) is 28.6 Å². The minimum absolute atomic E-state index is 0.219. The van der Waals surface area contributed by atoms with E-state index in [-0.39, 0.29) is 6.03 Å². The summed E-state index contributed by atoms with van der Waals surface area (Å²) in [6.07, 6.45) is 4.67. The van der Waals surface area contributed by atoms with E-state index >= 15 is 0 Å². The van der Waals surface area contributed by atoms with Crippen molar-refractivity contribution in [3.63, 3.8) is 0 Å². The van der Waals surface area contributed by atoms with Crippen LogP contribution in [-0.4, -0.2) is 28.7 Å². The number of rotatable bonds is 12. The van der Waals surface area contributed by atoms with Crippen molar-refractivity contribution in [1.82, 2.24) is 15.6 Å². The molecular formula is C35H41Cl2N3O4. The normalized spacial score (nSPS) is 11.7. The summed E-state index contributed by atoms with van der Waals surface area (Å²) in [6, 6.07) is 24.4. The molecule has 0 fully saturated rings. The molecule has 2 amide bonds. The predicted octanol–water partition coefficient (Wildman–Crippen LogP) is 9.11. The smallest absolute Gasteiger partial charge is 0.341 e. The van der Waals surface area contributed by atoms with Gasteiger partial charge in [0.05, 0.1) is 10.6 Å². The lowest BCUT2D eigenvalue weighted by atomic mass is 9.95. The number of halogens is 2. The number of aromatic nitrogens is 1. The number of pyridine rings is 1. The molecule has 0 radical (unpaired) electrons. The van der Waals surface area contributed by atoms with Crippen molar-refractivity contribution in [2.45, 2.75) is 71.4 Å². The SMILES string of the molecule is CC(C)(NC(=O)NCc1ccccc1Cl)c1ccccc1.CCCCCC(C)c1ccc2c(Cl)ccc(OCC(=O)O)c2n1. The Morgan fingerprint density at radius 2 is 1.64 bits per heavy atom. The molecule has 9 heteroatoms. The number of unbranched alkanes of at least 4 members (excludes halogenated alkanes) is 2. The Morgan fingerprint density at radius 1 is 0.932 bits per heavy atom. The van der Waals surface area contributed by atoms with E-state index in [1.54, 1.807) is 12.1 Å². The maximum Gasteiger partial charge on any atom is 0.341 e. The number of carboxylic acids is 1. The Morgan fingerprint density at radius 3 is 2.32 bits per heavy atom. The van der Waals surface area contributed by atoms with Crippen LogP contribution in [0.5, 0.6) is 5.75 Å². The summed E-state index contributed by atoms with van der Waals surface area (Å²) in [5.41, 5.74) is 3.12. The third-order valence-electron chi connectivity index (χ3n) is 7.20. The maximum absolute atomic E-state index is 12.1. The lowest BCUT2D eigenvalue weighted by Crippen LogP contribution is -2.46. The van der Waals surface area contributed by atoms with E-state index in [2.05, 4.69) is 24.5 Å². The predicted molar refractivity (Wildman–Crippen MR) is 179 cm³/mol. The second-order valence-corrected chi connectivity index (χ2v) is 12.0. The van der Waals surface area contributed by atoms with Gasteiger partial charge in [-0.15, -0.1) is 0 Å². The standard InChI is InChI=1S/C18H22ClNO3.C17H19ClN2O/c1-3-4-5-6-12(2)15-9-7-13-14(19)8-10-16(18(13)20-15)23-11-17(21)22;1-17(2,14-9-4-3-5-10-14)20-16(21)19-12-13-8-6-7-11-15(13)18/h7-10,12H,3-6,11H2,1-2H3,(H,21,22);3-11H,12H2,1-2H3,(H2,19,20,21). The van der Waals surface area contributed by atoms with Crippen LogP contribution in [-0.2, 0) is 16.9 Å². The van der Waals surface area contributed by atoms with Crippen LogP contribution in [0.4, 0.5) is 4.79 Å². The van der Waals surface area contributed by atoms with Crippen LogP contribution < -0.4 is 15.4 Å². The van der Waals surface area contributed by atoms with Crippen molar-refractivity contribution < 1.29 is 19.4 Å². The van der Waals surface area contributed by atoms with Gasteiger partial charge in [-0.3, -0.25) is 0 Å². The molecule has 234 valence electrons. The topological polar surface area (TPSA) is 101 Å². The molecule has 0 spiro atoms. The third kappa shape index (κ3) is 10.4. The Hall–Kier alpha value is -3.81. The molecule has 1 unspecified atom stereocenters. The number of carboxylic acid groups (broad SMARTS) is 1. The molecule has 3 aromatic carbocycles. The van der Waals surface area contributed by atoms with Gasteiger partial charge in [-0.1, -0.05) is 105 Å². The maximum atomic E-state index is 12.1. The van der Waals surface area contributed by atoms with Crippen molar-refractivity contribution in [2.75, 3.05) is 6.61 Å². The summed E-state index contributed by atoms with van der Waals surface area (Å²) >= 11 is 12.3. The Labute approximate surface area is 269 Å². The minimum Gasteiger partial charge on any atom is -0.480 e. The second kappa shape index (κ2) is 16.9. The highest BCUT2D eigenvalue weighted by molar-refractivity contribution is 6.35. The van der Waals surface area contributed by atoms with Crippen LogP contribution in [0.1, 0.15) is 76.1 Å². The molecule has 0 saturated carbocycles. The average Bonchev–Trinajstić information content (AvgIpc) is 3.01. The van der Waals surface area contributed by atoms with Crippen molar-refractivity contribution in [1.29, 1.82) is 0 Å². The monoisotopic (exact) mass is 637 g/mol. The molecule has 0 aliphatic heterocycles. The number of ether oxygens (including phenoxy) is 1. The lowest BCUT2D eigenvalue weighted by molar-refractivity contribution is -0.139. The fraction of sp³-hybridized carbons (Fsp3) is 0.343. The van der Waals surface area contributed by atoms with E-state index in [4.69, 9.17) is 38.0 Å². The Balaban J connectivity index is 0.000000241. The summed E-state index contributed by atoms with van der Waals surface area (Å²) in [4.78, 5) is 27.5. The molecule has 7 nitrogen and oxygen atoms in total. The van der Waals surface area contributed by atoms with Gasteiger partial charge in [-0.2, -0.15) is 0 Å². The minimum atomic E-state index is -1.02. The molecule has 4 rings (SSSR count). The van der Waals surface area contributed by atoms with E-state index in [0.29, 0.717) is 33.8 Å². The number of hydrogen-bond donors (Lipinski definition) is 3. The van der Waals surface area contributed by atoms with E-state index in [1.807, 2.05) is 80.6 Å². The zero-order chi connectivity index (χ0) is 32.1. The fourth-order valence-corrected chi connectivity index (χ4v) is 5.04. The molecule has 1 aromatic heterocycles. The number of benzene rings is 3. The molecule has 0 bridgehead atoms. The summed E-state index contributed by atoms with van der Waals surface area (Å²) in [6.45, 7) is 8.29. The zero-order valence-corrected chi connectivity index (χ0v) is 27.2. The van der Waals surface area contributed by atoms with E-state index in [1.165, 1.54) is 19.3 Å². The molecule has 3 N–H and O–H groups in total. The van der Waals surface area contributed by atoms with Crippen molar-refractivity contribution in [2.24, 2.45) is 0 Å². The first-order chi connectivity index (χ1) is 21.0. The van der Waals surface area contributed by atoms with Crippen LogP contribution in [0.25, 0.3) is 10.9 Å². The van der Waals surface area contributed by atoms with Crippen LogP contribution in [0.15, 0.2) is 78.9 Å². The molecular weight excluding hydrogens is 597 g/mol. The summed E-state index contributed by atoms with van der Waals surface area (Å²) in [7, 11) is 0. The van der Waals surface area contributed by atoms with Gasteiger partial charge in [0.2, 0.25) is 0 Å². The number of carbonyl (C=O) groups excluding carboxylic acids is 1. The Kier molecular flexibility index (Phi) is 13.3. The zero-order valence-electron chi connectivity index (χ0n) is 25.7. The van der Waals surface area contributed by atoms with Gasteiger partial charge in [0.1, 0.15) is 11.3 Å². The van der Waals surface area contributed by atoms with Gasteiger partial charge in [-0.25, -0.2) is 14.6 Å². The largest absolute Gasteiger partial charge is 0.480 e. The molecule has 0 saturated heterocycles. The third-order valence-corrected chi connectivity index (χ3v) is 7.90. The van der Waals surface area contributed by atoms with E-state index < -0.39 is 18.1 Å². The van der Waals surface area contributed by atoms with Crippen molar-refractivity contribution >= 4 is 46.1 Å². The molecule has 0 aliphatic rings. The molecule has 1 heterocycles. The summed E-state index contributed by atoms with van der Waals surface area (Å²) < 4.78 is 5.35. The summed E-state index contributed by atoms with van der Waals surface area (Å²) in [5.74, 6) is -0.219. The number of amides is 2. The number of nitrogens with zero attached hydrogens (tertiary/aromatic N) is 1. The van der Waals surface area contributed by atoms with Gasteiger partial charge in [0, 0.05) is 22.6 Å². The van der Waals surface area contributed by atoms with Gasteiger partial charge < -0.3 is 20.5 Å². The molecule has 0 aliphatic carbocycles. The first-order valence-electron chi connectivity index (χ1n) is 14.8. The number of hydrogen-bond acceptors (Lipinski definition) is 4. The number of fused-ring (bicyclic) bond motifs is 1. The highest BCUT2D eigenvalue weighted by Gasteiger charge is 2.22. The number of nitrogens with one attached hydrogen (secondary N) is 2. The van der Waals surface area contributed by atoms with Gasteiger partial charge in [0.25, 0.3) is 0 Å². The van der Waals surface area contributed by atoms with Crippen molar-refractivity contribution in [3.05, 3.63) is 106 Å². The number of aliphatic carboxylic acids is 1. The first-order valence-corrected chi connectivity index (χ1v) is 15.6. The first kappa shape index (κ1) is 34.7. The van der Waals surface area contributed by atoms with Gasteiger partial charge >= 0.3 is 12.0 Å². The van der Waals surface area contributed by atoms with Crippen LogP contribution >= 0.6 is 23.2 Å². The van der Waals surface area contributed by atoms with Gasteiger partial charge in [0.15, 0.2) is 6.61 Å². The quantitative estimate of drug-likeness (QED) is 0.134. The van der Waals surface area contributed by atoms with Crippen LogP contribution in [0.2, 0.25) is 10.0 Å². The highest BCUT2D eigenvalue weighted by atomic mass is 35.5. The molecule has 4 aromatic rings. The molecule has 1 atom stereocenters. The average molecular weight is 639 g/mol. The summed E-state index contributed by atoms with van der Waals surface area (Å²) in [5, 5.41) is 16.6. The second-order valence-electron chi connectivity index (χ2n) is 11.1. The molecule has 44 heavy (non-hydrogen) atoms. The lowest BCUT2D eigenvalue weighted by Gasteiger charge is -2.27. The highest BCUT2D eigenvalue weighted by Crippen LogP contribution is 2.32.